The molecule has 0 fully saturated rings. The van der Waals surface area contributed by atoms with Crippen LogP contribution in [-0.2, 0) is 10.0 Å². The van der Waals surface area contributed by atoms with Gasteiger partial charge in [-0.1, -0.05) is 30.1 Å². The summed E-state index contributed by atoms with van der Waals surface area (Å²) in [6.45, 7) is 2.08. The van der Waals surface area contributed by atoms with Crippen LogP contribution in [0.5, 0.6) is 0 Å². The molecule has 1 rings (SSSR count). The summed E-state index contributed by atoms with van der Waals surface area (Å²) < 4.78 is 26.1. The van der Waals surface area contributed by atoms with Crippen molar-refractivity contribution in [3.05, 3.63) is 28.2 Å². The number of benzene rings is 1. The highest BCUT2D eigenvalue weighted by molar-refractivity contribution is 7.89. The average molecular weight is 297 g/mol. The molecule has 4 nitrogen and oxygen atoms in total. The Morgan fingerprint density at radius 1 is 1.35 bits per heavy atom. The Labute approximate surface area is 111 Å². The molecule has 17 heavy (non-hydrogen) atoms. The molecule has 0 aliphatic rings. The van der Waals surface area contributed by atoms with Crippen molar-refractivity contribution in [1.29, 1.82) is 0 Å². The molecule has 0 saturated heterocycles. The third-order valence-electron chi connectivity index (χ3n) is 2.26. The molecular formula is C10H14Cl2N2O2S. The van der Waals surface area contributed by atoms with Crippen molar-refractivity contribution < 1.29 is 8.42 Å². The molecule has 0 aliphatic heterocycles. The maximum absolute atomic E-state index is 11.8. The van der Waals surface area contributed by atoms with E-state index in [9.17, 15) is 8.42 Å². The van der Waals surface area contributed by atoms with Crippen molar-refractivity contribution in [2.24, 2.45) is 5.73 Å². The molecule has 0 aromatic heterocycles. The lowest BCUT2D eigenvalue weighted by Gasteiger charge is -2.11. The van der Waals surface area contributed by atoms with Crippen LogP contribution in [-0.4, -0.2) is 21.0 Å². The third kappa shape index (κ3) is 4.12. The molecule has 96 valence electrons. The van der Waals surface area contributed by atoms with E-state index >= 15 is 0 Å². The first kappa shape index (κ1) is 14.7. The molecule has 0 amide bonds. The van der Waals surface area contributed by atoms with Crippen LogP contribution < -0.4 is 10.5 Å². The van der Waals surface area contributed by atoms with Gasteiger partial charge in [-0.2, -0.15) is 0 Å². The summed E-state index contributed by atoms with van der Waals surface area (Å²) in [5.74, 6) is 0. The zero-order chi connectivity index (χ0) is 13.1. The fraction of sp³-hybridized carbons (Fsp3) is 0.400. The van der Waals surface area contributed by atoms with E-state index in [1.165, 1.54) is 18.2 Å². The van der Waals surface area contributed by atoms with Gasteiger partial charge >= 0.3 is 0 Å². The summed E-state index contributed by atoms with van der Waals surface area (Å²) >= 11 is 11.5. The highest BCUT2D eigenvalue weighted by Crippen LogP contribution is 2.24. The minimum atomic E-state index is -3.58. The van der Waals surface area contributed by atoms with Crippen LogP contribution in [0.25, 0.3) is 0 Å². The van der Waals surface area contributed by atoms with Gasteiger partial charge in [-0.05, 0) is 24.6 Å². The van der Waals surface area contributed by atoms with E-state index in [-0.39, 0.29) is 22.5 Å². The lowest BCUT2D eigenvalue weighted by molar-refractivity contribution is 0.564. The summed E-state index contributed by atoms with van der Waals surface area (Å²) in [6.07, 6.45) is 0.698. The van der Waals surface area contributed by atoms with E-state index in [4.69, 9.17) is 28.9 Å². The van der Waals surface area contributed by atoms with Gasteiger partial charge in [0.1, 0.15) is 0 Å². The van der Waals surface area contributed by atoms with Crippen LogP contribution >= 0.6 is 23.2 Å². The quantitative estimate of drug-likeness (QED) is 0.873. The second kappa shape index (κ2) is 6.02. The molecule has 1 atom stereocenters. The Hall–Kier alpha value is -0.330. The van der Waals surface area contributed by atoms with Gasteiger partial charge < -0.3 is 5.73 Å². The topological polar surface area (TPSA) is 72.2 Å². The number of hydrogen-bond donors (Lipinski definition) is 2. The van der Waals surface area contributed by atoms with Gasteiger partial charge in [0, 0.05) is 12.6 Å². The molecule has 0 radical (unpaired) electrons. The number of halogens is 2. The Kier molecular flexibility index (Phi) is 5.22. The van der Waals surface area contributed by atoms with E-state index in [2.05, 4.69) is 4.72 Å². The van der Waals surface area contributed by atoms with Crippen molar-refractivity contribution in [2.45, 2.75) is 24.3 Å². The summed E-state index contributed by atoms with van der Waals surface area (Å²) in [5.41, 5.74) is 5.64. The number of nitrogens with one attached hydrogen (secondary N) is 1. The smallest absolute Gasteiger partial charge is 0.240 e. The average Bonchev–Trinajstić information content (AvgIpc) is 2.29. The van der Waals surface area contributed by atoms with Crippen LogP contribution in [0.2, 0.25) is 10.0 Å². The number of nitrogens with two attached hydrogens (primary N) is 1. The molecule has 0 heterocycles. The molecule has 7 heteroatoms. The van der Waals surface area contributed by atoms with E-state index in [1.54, 1.807) is 0 Å². The fourth-order valence-electron chi connectivity index (χ4n) is 1.09. The predicted octanol–water partition coefficient (Wildman–Crippen LogP) is 2.01. The highest BCUT2D eigenvalue weighted by Gasteiger charge is 2.15. The van der Waals surface area contributed by atoms with E-state index < -0.39 is 10.0 Å². The van der Waals surface area contributed by atoms with Crippen LogP contribution in [0.4, 0.5) is 0 Å². The van der Waals surface area contributed by atoms with Gasteiger partial charge in [0.15, 0.2) is 0 Å². The van der Waals surface area contributed by atoms with E-state index in [0.29, 0.717) is 11.4 Å². The Morgan fingerprint density at radius 3 is 2.53 bits per heavy atom. The highest BCUT2D eigenvalue weighted by atomic mass is 35.5. The predicted molar refractivity (Wildman–Crippen MR) is 69.9 cm³/mol. The summed E-state index contributed by atoms with van der Waals surface area (Å²) in [6, 6.07) is 3.95. The summed E-state index contributed by atoms with van der Waals surface area (Å²) in [4.78, 5) is 0.0789. The van der Waals surface area contributed by atoms with E-state index in [1.807, 2.05) is 6.92 Å². The molecule has 1 unspecified atom stereocenters. The number of hydrogen-bond acceptors (Lipinski definition) is 3. The van der Waals surface area contributed by atoms with Gasteiger partial charge in [-0.15, -0.1) is 0 Å². The second-order valence-electron chi connectivity index (χ2n) is 3.60. The maximum atomic E-state index is 11.8. The van der Waals surface area contributed by atoms with E-state index in [0.717, 1.165) is 0 Å². The van der Waals surface area contributed by atoms with Crippen LogP contribution in [0.3, 0.4) is 0 Å². The lowest BCUT2D eigenvalue weighted by Crippen LogP contribution is -2.36. The van der Waals surface area contributed by atoms with Crippen molar-refractivity contribution >= 4 is 33.2 Å². The van der Waals surface area contributed by atoms with Crippen LogP contribution in [0, 0.1) is 0 Å². The summed E-state index contributed by atoms with van der Waals surface area (Å²) in [7, 11) is -3.58. The van der Waals surface area contributed by atoms with Crippen molar-refractivity contribution in [3.8, 4) is 0 Å². The van der Waals surface area contributed by atoms with Crippen molar-refractivity contribution in [2.75, 3.05) is 6.54 Å². The molecule has 0 bridgehead atoms. The minimum Gasteiger partial charge on any atom is -0.327 e. The molecule has 3 N–H and O–H groups in total. The first-order valence-corrected chi connectivity index (χ1v) is 7.31. The first-order chi connectivity index (χ1) is 7.86. The normalized spacial score (nSPS) is 13.6. The number of sulfonamides is 1. The Balaban J connectivity index is 2.86. The van der Waals surface area contributed by atoms with Gasteiger partial charge in [-0.25, -0.2) is 13.1 Å². The first-order valence-electron chi connectivity index (χ1n) is 5.07. The second-order valence-corrected chi connectivity index (χ2v) is 6.18. The zero-order valence-electron chi connectivity index (χ0n) is 9.28. The van der Waals surface area contributed by atoms with Crippen LogP contribution in [0.1, 0.15) is 13.3 Å². The van der Waals surface area contributed by atoms with Crippen molar-refractivity contribution in [3.63, 3.8) is 0 Å². The monoisotopic (exact) mass is 296 g/mol. The fourth-order valence-corrected chi connectivity index (χ4v) is 2.57. The molecule has 1 aromatic rings. The maximum Gasteiger partial charge on any atom is 0.240 e. The molecule has 0 aliphatic carbocycles. The number of rotatable bonds is 5. The van der Waals surface area contributed by atoms with Gasteiger partial charge in [0.25, 0.3) is 0 Å². The minimum absolute atomic E-state index is 0.0789. The summed E-state index contributed by atoms with van der Waals surface area (Å²) in [5, 5.41) is 0.519. The molecule has 0 saturated carbocycles. The van der Waals surface area contributed by atoms with Gasteiger partial charge in [-0.3, -0.25) is 0 Å². The molecular weight excluding hydrogens is 283 g/mol. The SMILES string of the molecule is CCC(N)CNS(=O)(=O)c1ccc(Cl)c(Cl)c1. The molecule has 0 spiro atoms. The third-order valence-corrected chi connectivity index (χ3v) is 4.42. The molecule has 1 aromatic carbocycles. The van der Waals surface area contributed by atoms with Gasteiger partial charge in [0.2, 0.25) is 10.0 Å². The Bertz CT molecular complexity index is 491. The largest absolute Gasteiger partial charge is 0.327 e. The standard InChI is InChI=1S/C10H14Cl2N2O2S/c1-2-7(13)6-14-17(15,16)8-3-4-9(11)10(12)5-8/h3-5,7,14H,2,6,13H2,1H3. The van der Waals surface area contributed by atoms with Crippen LogP contribution in [0.15, 0.2) is 23.1 Å². The zero-order valence-corrected chi connectivity index (χ0v) is 11.6. The lowest BCUT2D eigenvalue weighted by atomic mass is 10.2. The van der Waals surface area contributed by atoms with Gasteiger partial charge in [0.05, 0.1) is 14.9 Å². The Morgan fingerprint density at radius 2 is 2.00 bits per heavy atom. The van der Waals surface area contributed by atoms with Crippen molar-refractivity contribution in [1.82, 2.24) is 4.72 Å².